The van der Waals surface area contributed by atoms with Gasteiger partial charge in [0.05, 0.1) is 11.6 Å². The van der Waals surface area contributed by atoms with Crippen LogP contribution in [0.15, 0.2) is 66.9 Å². The maximum absolute atomic E-state index is 12.7. The van der Waals surface area contributed by atoms with Crippen molar-refractivity contribution in [1.29, 1.82) is 0 Å². The van der Waals surface area contributed by atoms with Crippen molar-refractivity contribution in [3.63, 3.8) is 0 Å². The number of pyridine rings is 1. The van der Waals surface area contributed by atoms with Gasteiger partial charge in [-0.1, -0.05) is 67.4 Å². The minimum Gasteiger partial charge on any atom is -0.384 e. The second-order valence-electron chi connectivity index (χ2n) is 8.38. The Kier molecular flexibility index (Phi) is 7.97. The van der Waals surface area contributed by atoms with Gasteiger partial charge in [0.2, 0.25) is 5.91 Å². The lowest BCUT2D eigenvalue weighted by Gasteiger charge is -2.46. The number of hydrogen-bond donors (Lipinski definition) is 2. The standard InChI is InChI=1S/C27H31ClN4O/c1-2-3-18-32-25(13-10-20-8-5-4-6-9-20)26(27(32)33)31-16-7-15-29-23-14-17-30-24-19-21(28)11-12-22(23)24/h4-6,8-14,17,19,25-26,31H,2-3,7,15-16,18H2,1H3,(H,29,30)/b13-10+/t25-,26+/m1/s1. The molecule has 2 N–H and O–H groups in total. The summed E-state index contributed by atoms with van der Waals surface area (Å²) in [7, 11) is 0. The maximum Gasteiger partial charge on any atom is 0.242 e. The summed E-state index contributed by atoms with van der Waals surface area (Å²) in [4.78, 5) is 19.1. The molecular formula is C27H31ClN4O. The molecule has 0 radical (unpaired) electrons. The van der Waals surface area contributed by atoms with Gasteiger partial charge in [-0.3, -0.25) is 9.78 Å². The van der Waals surface area contributed by atoms with E-state index in [0.29, 0.717) is 5.02 Å². The molecule has 1 fully saturated rings. The van der Waals surface area contributed by atoms with E-state index >= 15 is 0 Å². The third-order valence-corrected chi connectivity index (χ3v) is 6.26. The van der Waals surface area contributed by atoms with Gasteiger partial charge in [0, 0.05) is 35.4 Å². The molecule has 1 amide bonds. The first-order valence-electron chi connectivity index (χ1n) is 11.7. The number of anilines is 1. The van der Waals surface area contributed by atoms with Gasteiger partial charge in [-0.15, -0.1) is 0 Å². The van der Waals surface area contributed by atoms with E-state index in [0.717, 1.165) is 61.1 Å². The number of carbonyl (C=O) groups is 1. The normalized spacial score (nSPS) is 18.1. The Hall–Kier alpha value is -2.89. The average Bonchev–Trinajstić information content (AvgIpc) is 2.84. The molecule has 1 aliphatic heterocycles. The zero-order chi connectivity index (χ0) is 23.0. The van der Waals surface area contributed by atoms with Crippen LogP contribution in [0.3, 0.4) is 0 Å². The van der Waals surface area contributed by atoms with Crippen LogP contribution >= 0.6 is 11.6 Å². The van der Waals surface area contributed by atoms with E-state index in [-0.39, 0.29) is 18.0 Å². The highest BCUT2D eigenvalue weighted by Crippen LogP contribution is 2.25. The van der Waals surface area contributed by atoms with Gasteiger partial charge in [-0.25, -0.2) is 0 Å². The highest BCUT2D eigenvalue weighted by Gasteiger charge is 2.44. The van der Waals surface area contributed by atoms with E-state index in [2.05, 4.69) is 46.8 Å². The topological polar surface area (TPSA) is 57.3 Å². The van der Waals surface area contributed by atoms with Crippen LogP contribution in [-0.2, 0) is 4.79 Å². The summed E-state index contributed by atoms with van der Waals surface area (Å²) in [6.45, 7) is 4.55. The van der Waals surface area contributed by atoms with Gasteiger partial charge >= 0.3 is 0 Å². The first-order valence-corrected chi connectivity index (χ1v) is 12.1. The number of likely N-dealkylation sites (tertiary alicyclic amines) is 1. The molecule has 2 heterocycles. The van der Waals surface area contributed by atoms with Crippen LogP contribution in [0.25, 0.3) is 17.0 Å². The lowest BCUT2D eigenvalue weighted by molar-refractivity contribution is -0.148. The largest absolute Gasteiger partial charge is 0.384 e. The van der Waals surface area contributed by atoms with Crippen LogP contribution in [0.2, 0.25) is 5.02 Å². The summed E-state index contributed by atoms with van der Waals surface area (Å²) in [6, 6.07) is 17.9. The lowest BCUT2D eigenvalue weighted by atomic mass is 9.93. The fraction of sp³-hybridized carbons (Fsp3) is 0.333. The molecule has 6 heteroatoms. The lowest BCUT2D eigenvalue weighted by Crippen LogP contribution is -2.69. The van der Waals surface area contributed by atoms with Gasteiger partial charge in [0.25, 0.3) is 0 Å². The predicted octanol–water partition coefficient (Wildman–Crippen LogP) is 5.37. The third-order valence-electron chi connectivity index (χ3n) is 6.03. The number of carbonyl (C=O) groups excluding carboxylic acids is 1. The van der Waals surface area contributed by atoms with E-state index in [9.17, 15) is 4.79 Å². The number of nitrogens with one attached hydrogen (secondary N) is 2. The Labute approximate surface area is 200 Å². The highest BCUT2D eigenvalue weighted by atomic mass is 35.5. The summed E-state index contributed by atoms with van der Waals surface area (Å²) >= 11 is 6.08. The molecule has 1 aromatic heterocycles. The van der Waals surface area contributed by atoms with Crippen molar-refractivity contribution < 1.29 is 4.79 Å². The Morgan fingerprint density at radius 1 is 1.09 bits per heavy atom. The summed E-state index contributed by atoms with van der Waals surface area (Å²) in [5, 5.41) is 8.71. The summed E-state index contributed by atoms with van der Waals surface area (Å²) in [5.41, 5.74) is 3.08. The zero-order valence-corrected chi connectivity index (χ0v) is 19.8. The van der Waals surface area contributed by atoms with Crippen LogP contribution in [0.1, 0.15) is 31.7 Å². The first-order chi connectivity index (χ1) is 16.2. The maximum atomic E-state index is 12.7. The highest BCUT2D eigenvalue weighted by molar-refractivity contribution is 6.31. The molecule has 2 atom stereocenters. The van der Waals surface area contributed by atoms with Gasteiger partial charge in [0.15, 0.2) is 0 Å². The van der Waals surface area contributed by atoms with Crippen LogP contribution in [0, 0.1) is 0 Å². The van der Waals surface area contributed by atoms with Gasteiger partial charge in [0.1, 0.15) is 6.04 Å². The second kappa shape index (κ2) is 11.3. The molecule has 0 saturated carbocycles. The van der Waals surface area contributed by atoms with Gasteiger partial charge < -0.3 is 15.5 Å². The number of unbranched alkanes of at least 4 members (excludes halogenated alkanes) is 1. The number of nitrogens with zero attached hydrogens (tertiary/aromatic N) is 2. The quantitative estimate of drug-likeness (QED) is 0.297. The van der Waals surface area contributed by atoms with Crippen molar-refractivity contribution in [3.8, 4) is 0 Å². The number of hydrogen-bond acceptors (Lipinski definition) is 4. The molecule has 4 rings (SSSR count). The molecule has 0 unspecified atom stereocenters. The third kappa shape index (κ3) is 5.73. The Bertz CT molecular complexity index is 1100. The fourth-order valence-corrected chi connectivity index (χ4v) is 4.36. The zero-order valence-electron chi connectivity index (χ0n) is 19.0. The van der Waals surface area contributed by atoms with Crippen molar-refractivity contribution >= 4 is 40.2 Å². The number of fused-ring (bicyclic) bond motifs is 1. The van der Waals surface area contributed by atoms with Crippen LogP contribution in [0.4, 0.5) is 5.69 Å². The molecule has 2 aromatic carbocycles. The smallest absolute Gasteiger partial charge is 0.242 e. The van der Waals surface area contributed by atoms with Crippen LogP contribution in [0.5, 0.6) is 0 Å². The SMILES string of the molecule is CCCCN1C(=O)[C@@H](NCCCNc2ccnc3cc(Cl)ccc23)[C@H]1/C=C/c1ccccc1. The Morgan fingerprint density at radius 3 is 2.76 bits per heavy atom. The molecule has 1 aliphatic rings. The van der Waals surface area contributed by atoms with Crippen LogP contribution < -0.4 is 10.6 Å². The monoisotopic (exact) mass is 462 g/mol. The van der Waals surface area contributed by atoms with Crippen molar-refractivity contribution in [3.05, 3.63) is 77.5 Å². The number of halogens is 1. The minimum absolute atomic E-state index is 0.103. The molecular weight excluding hydrogens is 432 g/mol. The van der Waals surface area contributed by atoms with Crippen molar-refractivity contribution in [2.45, 2.75) is 38.3 Å². The minimum atomic E-state index is -0.147. The van der Waals surface area contributed by atoms with E-state index in [4.69, 9.17) is 11.6 Å². The molecule has 0 bridgehead atoms. The molecule has 0 aliphatic carbocycles. The van der Waals surface area contributed by atoms with Crippen molar-refractivity contribution in [2.24, 2.45) is 0 Å². The molecule has 3 aromatic rings. The van der Waals surface area contributed by atoms with E-state index in [1.54, 1.807) is 6.20 Å². The molecule has 172 valence electrons. The summed E-state index contributed by atoms with van der Waals surface area (Å²) in [5.74, 6) is 0.205. The fourth-order valence-electron chi connectivity index (χ4n) is 4.20. The molecule has 1 saturated heterocycles. The number of benzene rings is 2. The van der Waals surface area contributed by atoms with Gasteiger partial charge in [-0.2, -0.15) is 0 Å². The predicted molar refractivity (Wildman–Crippen MR) is 138 cm³/mol. The molecule has 5 nitrogen and oxygen atoms in total. The number of aromatic nitrogens is 1. The summed E-state index contributed by atoms with van der Waals surface area (Å²) in [6.07, 6.45) is 9.09. The molecule has 0 spiro atoms. The Morgan fingerprint density at radius 2 is 1.94 bits per heavy atom. The first kappa shape index (κ1) is 23.3. The van der Waals surface area contributed by atoms with E-state index in [1.807, 2.05) is 47.4 Å². The van der Waals surface area contributed by atoms with Crippen LogP contribution in [-0.4, -0.2) is 47.5 Å². The number of amides is 1. The second-order valence-corrected chi connectivity index (χ2v) is 8.81. The van der Waals surface area contributed by atoms with E-state index in [1.165, 1.54) is 0 Å². The van der Waals surface area contributed by atoms with Gasteiger partial charge in [-0.05, 0) is 49.2 Å². The summed E-state index contributed by atoms with van der Waals surface area (Å²) < 4.78 is 0. The number of β-lactam (4-membered cyclic amide) rings is 1. The molecule has 33 heavy (non-hydrogen) atoms. The van der Waals surface area contributed by atoms with E-state index < -0.39 is 0 Å². The van der Waals surface area contributed by atoms with Crippen molar-refractivity contribution in [2.75, 3.05) is 25.0 Å². The average molecular weight is 463 g/mol. The van der Waals surface area contributed by atoms with Crippen molar-refractivity contribution in [1.82, 2.24) is 15.2 Å². The Balaban J connectivity index is 1.30. The number of rotatable bonds is 11.